The van der Waals surface area contributed by atoms with Gasteiger partial charge in [0.25, 0.3) is 5.91 Å². The highest BCUT2D eigenvalue weighted by atomic mass is 32.1. The fourth-order valence-corrected chi connectivity index (χ4v) is 1.54. The third-order valence-corrected chi connectivity index (χ3v) is 2.49. The molecule has 1 aromatic rings. The van der Waals surface area contributed by atoms with E-state index < -0.39 is 0 Å². The lowest BCUT2D eigenvalue weighted by Crippen LogP contribution is -2.25. The number of aryl methyl sites for hydroxylation is 1. The summed E-state index contributed by atoms with van der Waals surface area (Å²) < 4.78 is 0. The lowest BCUT2D eigenvalue weighted by molar-refractivity contribution is 0.0951. The number of rotatable bonds is 5. The number of thiocarbonyl (C=S) groups is 1. The molecule has 0 aliphatic rings. The molecule has 17 heavy (non-hydrogen) atoms. The molecule has 4 nitrogen and oxygen atoms in total. The Bertz CT molecular complexity index is 433. The maximum absolute atomic E-state index is 11.7. The largest absolute Gasteiger partial charge is 0.507 e. The number of nitrogens with one attached hydrogen (secondary N) is 1. The molecule has 1 rings (SSSR count). The van der Waals surface area contributed by atoms with Crippen LogP contribution in [0.25, 0.3) is 0 Å². The maximum Gasteiger partial charge on any atom is 0.255 e. The number of carbonyl (C=O) groups is 1. The molecule has 0 spiro atoms. The maximum atomic E-state index is 11.7. The van der Waals surface area contributed by atoms with Gasteiger partial charge in [-0.25, -0.2) is 0 Å². The van der Waals surface area contributed by atoms with Gasteiger partial charge in [-0.05, 0) is 37.5 Å². The lowest BCUT2D eigenvalue weighted by Gasteiger charge is -2.07. The van der Waals surface area contributed by atoms with Crippen LogP contribution in [0.5, 0.6) is 5.75 Å². The number of hydrogen-bond donors (Lipinski definition) is 3. The van der Waals surface area contributed by atoms with Crippen LogP contribution in [0.4, 0.5) is 0 Å². The quantitative estimate of drug-likeness (QED) is 0.548. The molecule has 0 bridgehead atoms. The van der Waals surface area contributed by atoms with Gasteiger partial charge in [0.1, 0.15) is 5.75 Å². The van der Waals surface area contributed by atoms with E-state index in [2.05, 4.69) is 5.32 Å². The van der Waals surface area contributed by atoms with Crippen LogP contribution in [0.15, 0.2) is 18.2 Å². The Hall–Kier alpha value is -1.62. The van der Waals surface area contributed by atoms with E-state index in [0.29, 0.717) is 24.4 Å². The Morgan fingerprint density at radius 1 is 1.53 bits per heavy atom. The van der Waals surface area contributed by atoms with E-state index in [1.807, 2.05) is 6.92 Å². The van der Waals surface area contributed by atoms with Crippen molar-refractivity contribution in [3.63, 3.8) is 0 Å². The predicted octanol–water partition coefficient (Wildman–Crippen LogP) is 1.50. The third-order valence-electron chi connectivity index (χ3n) is 2.28. The van der Waals surface area contributed by atoms with Gasteiger partial charge in [-0.1, -0.05) is 18.3 Å². The van der Waals surface area contributed by atoms with Crippen LogP contribution < -0.4 is 11.1 Å². The van der Waals surface area contributed by atoms with E-state index >= 15 is 0 Å². The number of phenolic OH excluding ortho intramolecular Hbond substituents is 1. The first-order valence-electron chi connectivity index (χ1n) is 5.37. The summed E-state index contributed by atoms with van der Waals surface area (Å²) in [6.45, 7) is 2.34. The summed E-state index contributed by atoms with van der Waals surface area (Å²) in [6, 6.07) is 4.95. The minimum atomic E-state index is -0.287. The van der Waals surface area contributed by atoms with Gasteiger partial charge < -0.3 is 16.2 Å². The fourth-order valence-electron chi connectivity index (χ4n) is 1.39. The van der Waals surface area contributed by atoms with Crippen LogP contribution >= 0.6 is 12.2 Å². The average molecular weight is 252 g/mol. The Balaban J connectivity index is 2.50. The van der Waals surface area contributed by atoms with Crippen LogP contribution in [-0.4, -0.2) is 22.5 Å². The van der Waals surface area contributed by atoms with Gasteiger partial charge in [0.05, 0.1) is 10.6 Å². The van der Waals surface area contributed by atoms with Crippen LogP contribution in [0.3, 0.4) is 0 Å². The van der Waals surface area contributed by atoms with E-state index in [4.69, 9.17) is 18.0 Å². The van der Waals surface area contributed by atoms with Gasteiger partial charge in [0.15, 0.2) is 0 Å². The first-order chi connectivity index (χ1) is 8.00. The molecule has 4 N–H and O–H groups in total. The molecule has 0 atom stereocenters. The van der Waals surface area contributed by atoms with Gasteiger partial charge in [0.2, 0.25) is 0 Å². The zero-order chi connectivity index (χ0) is 12.8. The normalized spacial score (nSPS) is 9.94. The number of aromatic hydroxyl groups is 1. The zero-order valence-electron chi connectivity index (χ0n) is 9.69. The molecule has 0 fully saturated rings. The molecule has 0 saturated carbocycles. The van der Waals surface area contributed by atoms with E-state index in [-0.39, 0.29) is 17.2 Å². The fraction of sp³-hybridized carbons (Fsp3) is 0.333. The number of amides is 1. The second-order valence-electron chi connectivity index (χ2n) is 3.85. The Morgan fingerprint density at radius 3 is 2.82 bits per heavy atom. The monoisotopic (exact) mass is 252 g/mol. The summed E-state index contributed by atoms with van der Waals surface area (Å²) in [5, 5.41) is 12.3. The molecule has 0 aromatic heterocycles. The summed E-state index contributed by atoms with van der Waals surface area (Å²) in [4.78, 5) is 12.1. The van der Waals surface area contributed by atoms with Crippen molar-refractivity contribution in [3.8, 4) is 5.75 Å². The van der Waals surface area contributed by atoms with Crippen molar-refractivity contribution in [3.05, 3.63) is 29.3 Å². The summed E-state index contributed by atoms with van der Waals surface area (Å²) in [5.41, 5.74) is 6.53. The van der Waals surface area contributed by atoms with Crippen LogP contribution in [0, 0.1) is 6.92 Å². The molecule has 1 aromatic carbocycles. The number of benzene rings is 1. The van der Waals surface area contributed by atoms with E-state index in [0.717, 1.165) is 5.56 Å². The molecule has 1 amide bonds. The van der Waals surface area contributed by atoms with Gasteiger partial charge in [-0.2, -0.15) is 0 Å². The average Bonchev–Trinajstić information content (AvgIpc) is 2.23. The predicted molar refractivity (Wildman–Crippen MR) is 71.2 cm³/mol. The van der Waals surface area contributed by atoms with Crippen molar-refractivity contribution in [1.82, 2.24) is 5.32 Å². The molecule has 0 heterocycles. The van der Waals surface area contributed by atoms with Crippen LogP contribution in [-0.2, 0) is 0 Å². The minimum absolute atomic E-state index is 0.00292. The van der Waals surface area contributed by atoms with E-state index in [1.165, 1.54) is 0 Å². The molecule has 0 unspecified atom stereocenters. The van der Waals surface area contributed by atoms with Crippen molar-refractivity contribution in [2.45, 2.75) is 19.8 Å². The Labute approximate surface area is 106 Å². The number of nitrogens with two attached hydrogens (primary N) is 1. The Morgan fingerprint density at radius 2 is 2.24 bits per heavy atom. The number of phenols is 1. The summed E-state index contributed by atoms with van der Waals surface area (Å²) in [7, 11) is 0. The SMILES string of the molecule is Cc1ccc(C(=O)NCCCC(N)=S)c(O)c1. The van der Waals surface area contributed by atoms with Gasteiger partial charge >= 0.3 is 0 Å². The molecular weight excluding hydrogens is 236 g/mol. The van der Waals surface area contributed by atoms with Crippen molar-refractivity contribution < 1.29 is 9.90 Å². The van der Waals surface area contributed by atoms with E-state index in [9.17, 15) is 9.90 Å². The van der Waals surface area contributed by atoms with E-state index in [1.54, 1.807) is 18.2 Å². The van der Waals surface area contributed by atoms with Crippen molar-refractivity contribution in [2.24, 2.45) is 5.73 Å². The first kappa shape index (κ1) is 13.4. The standard InChI is InChI=1S/C12H16N2O2S/c1-8-4-5-9(10(15)7-8)12(16)14-6-2-3-11(13)17/h4-5,7,15H,2-3,6H2,1H3,(H2,13,17)(H,14,16). The zero-order valence-corrected chi connectivity index (χ0v) is 10.5. The number of carbonyl (C=O) groups excluding carboxylic acids is 1. The highest BCUT2D eigenvalue weighted by Crippen LogP contribution is 2.17. The van der Waals surface area contributed by atoms with Gasteiger partial charge in [-0.15, -0.1) is 0 Å². The molecule has 0 aliphatic heterocycles. The van der Waals surface area contributed by atoms with Gasteiger partial charge in [0, 0.05) is 6.54 Å². The molecule has 0 aliphatic carbocycles. The smallest absolute Gasteiger partial charge is 0.255 e. The highest BCUT2D eigenvalue weighted by molar-refractivity contribution is 7.80. The molecule has 5 heteroatoms. The molecular formula is C12H16N2O2S. The summed E-state index contributed by atoms with van der Waals surface area (Å²) >= 11 is 4.73. The Kier molecular flexibility index (Phi) is 4.90. The van der Waals surface area contributed by atoms with Crippen LogP contribution in [0.1, 0.15) is 28.8 Å². The topological polar surface area (TPSA) is 75.4 Å². The van der Waals surface area contributed by atoms with Gasteiger partial charge in [-0.3, -0.25) is 4.79 Å². The lowest BCUT2D eigenvalue weighted by atomic mass is 10.1. The third kappa shape index (κ3) is 4.40. The second-order valence-corrected chi connectivity index (χ2v) is 4.37. The van der Waals surface area contributed by atoms with Crippen LogP contribution in [0.2, 0.25) is 0 Å². The van der Waals surface area contributed by atoms with Crippen molar-refractivity contribution in [1.29, 1.82) is 0 Å². The minimum Gasteiger partial charge on any atom is -0.507 e. The molecule has 0 radical (unpaired) electrons. The number of hydrogen-bond acceptors (Lipinski definition) is 3. The molecule has 92 valence electrons. The van der Waals surface area contributed by atoms with Crippen molar-refractivity contribution in [2.75, 3.05) is 6.54 Å². The summed E-state index contributed by atoms with van der Waals surface area (Å²) in [5.74, 6) is -0.290. The second kappa shape index (κ2) is 6.20. The first-order valence-corrected chi connectivity index (χ1v) is 5.77. The van der Waals surface area contributed by atoms with Crippen molar-refractivity contribution >= 4 is 23.1 Å². The highest BCUT2D eigenvalue weighted by Gasteiger charge is 2.09. The molecule has 0 saturated heterocycles. The summed E-state index contributed by atoms with van der Waals surface area (Å²) in [6.07, 6.45) is 1.31.